The molecule has 0 aliphatic heterocycles. The van der Waals surface area contributed by atoms with E-state index in [-0.39, 0.29) is 32.0 Å². The van der Waals surface area contributed by atoms with Gasteiger partial charge in [0.05, 0.1) is 27.7 Å². The summed E-state index contributed by atoms with van der Waals surface area (Å²) < 4.78 is 34.8. The minimum absolute atomic E-state index is 0.0258. The van der Waals surface area contributed by atoms with Crippen LogP contribution < -0.4 is 0 Å². The van der Waals surface area contributed by atoms with Gasteiger partial charge in [-0.05, 0) is 116 Å². The average Bonchev–Trinajstić information content (AvgIpc) is 0.914. The number of phosphoric acid groups is 1. The number of rotatable bonds is 79. The number of hydrogen-bond acceptors (Lipinski definition) is 7. The Morgan fingerprint density at radius 2 is 0.559 bits per heavy atom. The van der Waals surface area contributed by atoms with E-state index in [1.165, 1.54) is 244 Å². The number of unbranched alkanes of at least 4 members (excludes halogenated alkanes) is 43. The monoisotopic (exact) mass is 1440 g/mol. The number of allylic oxidation sites excluding steroid dienone is 22. The Hall–Kier alpha value is -3.85. The molecule has 0 aromatic heterocycles. The van der Waals surface area contributed by atoms with E-state index in [1.807, 2.05) is 21.1 Å². The Bertz CT molecular complexity index is 2190. The summed E-state index contributed by atoms with van der Waals surface area (Å²) in [4.78, 5) is 36.0. The Morgan fingerprint density at radius 3 is 0.843 bits per heavy atom. The number of carbonyl (C=O) groups is 2. The van der Waals surface area contributed by atoms with Crippen LogP contribution in [-0.4, -0.2) is 74.9 Å². The largest absolute Gasteiger partial charge is 0.472 e. The maximum atomic E-state index is 12.9. The molecule has 0 rings (SSSR count). The highest BCUT2D eigenvalue weighted by Crippen LogP contribution is 2.43. The van der Waals surface area contributed by atoms with Gasteiger partial charge in [-0.15, -0.1) is 0 Å². The summed E-state index contributed by atoms with van der Waals surface area (Å²) in [6.07, 6.45) is 119. The van der Waals surface area contributed by atoms with E-state index in [1.54, 1.807) is 0 Å². The minimum Gasteiger partial charge on any atom is -0.462 e. The fraction of sp³-hybridized carbons (Fsp3) is 0.739. The molecule has 0 radical (unpaired) electrons. The molecule has 0 amide bonds. The van der Waals surface area contributed by atoms with Crippen LogP contribution in [0.2, 0.25) is 0 Å². The number of esters is 2. The van der Waals surface area contributed by atoms with Gasteiger partial charge in [0, 0.05) is 12.8 Å². The number of phosphoric ester groups is 1. The van der Waals surface area contributed by atoms with Gasteiger partial charge in [-0.2, -0.15) is 0 Å². The van der Waals surface area contributed by atoms with Gasteiger partial charge >= 0.3 is 19.8 Å². The van der Waals surface area contributed by atoms with Crippen LogP contribution in [0.25, 0.3) is 0 Å². The van der Waals surface area contributed by atoms with E-state index in [9.17, 15) is 19.0 Å². The molecule has 0 saturated carbocycles. The average molecular weight is 1440 g/mol. The number of carbonyl (C=O) groups excluding carboxylic acids is 2. The first-order chi connectivity index (χ1) is 50.0. The van der Waals surface area contributed by atoms with Crippen molar-refractivity contribution in [1.29, 1.82) is 0 Å². The van der Waals surface area contributed by atoms with E-state index in [0.29, 0.717) is 17.4 Å². The van der Waals surface area contributed by atoms with Crippen LogP contribution in [0, 0.1) is 0 Å². The molecule has 0 aliphatic rings. The molecule has 102 heavy (non-hydrogen) atoms. The molecule has 2 atom stereocenters. The van der Waals surface area contributed by atoms with Crippen molar-refractivity contribution in [3.05, 3.63) is 134 Å². The van der Waals surface area contributed by atoms with Crippen molar-refractivity contribution in [3.63, 3.8) is 0 Å². The number of nitrogens with zero attached hydrogens (tertiary/aromatic N) is 1. The summed E-state index contributed by atoms with van der Waals surface area (Å²) in [5.41, 5.74) is 0. The molecule has 588 valence electrons. The van der Waals surface area contributed by atoms with E-state index >= 15 is 0 Å². The van der Waals surface area contributed by atoms with Crippen molar-refractivity contribution in [2.24, 2.45) is 0 Å². The maximum Gasteiger partial charge on any atom is 0.472 e. The molecule has 2 unspecified atom stereocenters. The summed E-state index contributed by atoms with van der Waals surface area (Å²) in [6.45, 7) is 4.35. The molecule has 10 heteroatoms. The van der Waals surface area contributed by atoms with E-state index < -0.39 is 26.5 Å². The first-order valence-electron chi connectivity index (χ1n) is 42.9. The van der Waals surface area contributed by atoms with Crippen LogP contribution >= 0.6 is 7.82 Å². The number of ether oxygens (including phenoxy) is 2. The second-order valence-corrected chi connectivity index (χ2v) is 31.3. The first kappa shape index (κ1) is 98.2. The van der Waals surface area contributed by atoms with Crippen LogP contribution in [0.4, 0.5) is 0 Å². The highest BCUT2D eigenvalue weighted by Gasteiger charge is 2.27. The summed E-state index contributed by atoms with van der Waals surface area (Å²) >= 11 is 0. The van der Waals surface area contributed by atoms with Crippen LogP contribution in [0.1, 0.15) is 386 Å². The Balaban J connectivity index is 3.97. The number of likely N-dealkylation sites (N-methyl/N-ethyl adjacent to an activating group) is 1. The van der Waals surface area contributed by atoms with Crippen LogP contribution in [0.15, 0.2) is 134 Å². The SMILES string of the molecule is CC/C=C\C/C=C\C/C=C\C/C=C\C/C=C\C/C=C\C/C=C\C/C=C\C/C=C\C/C=C\CCCCCCCCCCC(=O)OC(COC(=O)CCCCCCCCCCCCCCCCCCCCCCCCCCCCC/C=C\CCCCCCCCCC)COP(=O)(O)OCC[N+](C)(C)C. The lowest BCUT2D eigenvalue weighted by Gasteiger charge is -2.24. The summed E-state index contributed by atoms with van der Waals surface area (Å²) in [7, 11) is 1.47. The topological polar surface area (TPSA) is 108 Å². The van der Waals surface area contributed by atoms with Crippen molar-refractivity contribution < 1.29 is 42.1 Å². The zero-order valence-corrected chi connectivity index (χ0v) is 68.2. The molecule has 0 fully saturated rings. The molecular weight excluding hydrogens is 1280 g/mol. The third-order valence-electron chi connectivity index (χ3n) is 18.7. The van der Waals surface area contributed by atoms with Gasteiger partial charge < -0.3 is 18.9 Å². The van der Waals surface area contributed by atoms with Gasteiger partial charge in [-0.3, -0.25) is 18.6 Å². The van der Waals surface area contributed by atoms with Crippen molar-refractivity contribution in [2.75, 3.05) is 47.5 Å². The fourth-order valence-electron chi connectivity index (χ4n) is 12.2. The van der Waals surface area contributed by atoms with Gasteiger partial charge in [0.15, 0.2) is 6.10 Å². The minimum atomic E-state index is -4.41. The molecule has 9 nitrogen and oxygen atoms in total. The predicted octanol–water partition coefficient (Wildman–Crippen LogP) is 29.1. The quantitative estimate of drug-likeness (QED) is 0.0211. The van der Waals surface area contributed by atoms with Gasteiger partial charge in [0.1, 0.15) is 19.8 Å². The van der Waals surface area contributed by atoms with E-state index in [4.69, 9.17) is 18.5 Å². The normalized spacial score (nSPS) is 13.7. The second kappa shape index (κ2) is 81.2. The smallest absolute Gasteiger partial charge is 0.462 e. The highest BCUT2D eigenvalue weighted by atomic mass is 31.2. The van der Waals surface area contributed by atoms with Gasteiger partial charge in [-0.1, -0.05) is 392 Å². The van der Waals surface area contributed by atoms with E-state index in [0.717, 1.165) is 109 Å². The van der Waals surface area contributed by atoms with Gasteiger partial charge in [-0.25, -0.2) is 4.57 Å². The van der Waals surface area contributed by atoms with Gasteiger partial charge in [0.2, 0.25) is 0 Å². The Morgan fingerprint density at radius 1 is 0.314 bits per heavy atom. The second-order valence-electron chi connectivity index (χ2n) is 29.8. The lowest BCUT2D eigenvalue weighted by molar-refractivity contribution is -0.870. The third-order valence-corrected chi connectivity index (χ3v) is 19.6. The molecular formula is C92H163NO8P+. The molecule has 0 saturated heterocycles. The molecule has 1 N–H and O–H groups in total. The Labute approximate surface area is 631 Å². The lowest BCUT2D eigenvalue weighted by Crippen LogP contribution is -2.37. The van der Waals surface area contributed by atoms with Crippen molar-refractivity contribution >= 4 is 19.8 Å². The molecule has 0 spiro atoms. The standard InChI is InChI=1S/C92H162NO8P/c1-6-8-10-12-14-16-18-20-22-24-26-28-30-32-34-36-38-40-42-44-46-48-50-52-54-56-58-60-62-64-66-68-70-72-74-76-78-80-82-84-91(94)98-88-90(89-100-102(96,97)99-87-86-93(3,4)5)101-92(95)85-83-81-79-77-75-73-71-69-67-65-63-61-59-57-55-53-51-49-47-45-43-41-39-37-35-33-31-29-27-25-23-21-19-17-15-13-11-9-7-2/h9,11,15,17,21,23-24,26-27,29,33,35,39,41,45,47,51,53,57,59,63,65,90H,6-8,10,12-14,16,18-20,22,25,28,30-32,34,36-38,40,42-44,46,48-50,52,54-56,58,60-62,64,66-89H2,1-5H3/p+1/b11-9-,17-15-,23-21-,26-24-,29-27-,35-33-,41-39-,47-45-,53-51-,59-57-,65-63-. The zero-order valence-electron chi connectivity index (χ0n) is 67.3. The molecule has 0 aromatic carbocycles. The molecule has 0 aromatic rings. The van der Waals surface area contributed by atoms with Crippen LogP contribution in [0.5, 0.6) is 0 Å². The fourth-order valence-corrected chi connectivity index (χ4v) is 12.9. The molecule has 0 aliphatic carbocycles. The van der Waals surface area contributed by atoms with Crippen LogP contribution in [-0.2, 0) is 32.7 Å². The summed E-state index contributed by atoms with van der Waals surface area (Å²) in [5.74, 6) is -0.798. The van der Waals surface area contributed by atoms with Gasteiger partial charge in [0.25, 0.3) is 0 Å². The Kier molecular flexibility index (Phi) is 78.2. The molecule has 0 bridgehead atoms. The maximum absolute atomic E-state index is 12.9. The summed E-state index contributed by atoms with van der Waals surface area (Å²) in [5, 5.41) is 0. The molecule has 0 heterocycles. The van der Waals surface area contributed by atoms with E-state index in [2.05, 4.69) is 148 Å². The number of hydrogen-bond donors (Lipinski definition) is 1. The third kappa shape index (κ3) is 85.1. The van der Waals surface area contributed by atoms with Crippen molar-refractivity contribution in [2.45, 2.75) is 392 Å². The van der Waals surface area contributed by atoms with Crippen LogP contribution in [0.3, 0.4) is 0 Å². The highest BCUT2D eigenvalue weighted by molar-refractivity contribution is 7.47. The van der Waals surface area contributed by atoms with Crippen molar-refractivity contribution in [3.8, 4) is 0 Å². The summed E-state index contributed by atoms with van der Waals surface area (Å²) in [6, 6.07) is 0. The van der Waals surface area contributed by atoms with Crippen molar-refractivity contribution in [1.82, 2.24) is 0 Å². The predicted molar refractivity (Wildman–Crippen MR) is 445 cm³/mol. The first-order valence-corrected chi connectivity index (χ1v) is 44.4. The lowest BCUT2D eigenvalue weighted by atomic mass is 10.0. The zero-order chi connectivity index (χ0) is 74.0. The number of quaternary nitrogens is 1.